The van der Waals surface area contributed by atoms with Crippen molar-refractivity contribution in [2.75, 3.05) is 32.5 Å². The molecule has 0 saturated heterocycles. The number of aryl methyl sites for hydroxylation is 2. The number of hydrogen-bond acceptors (Lipinski definition) is 4. The summed E-state index contributed by atoms with van der Waals surface area (Å²) in [6, 6.07) is 4.21. The predicted molar refractivity (Wildman–Crippen MR) is 110 cm³/mol. The summed E-state index contributed by atoms with van der Waals surface area (Å²) in [4.78, 5) is 11.0. The molecule has 0 unspecified atom stereocenters. The number of benzene rings is 1. The number of anilines is 1. The van der Waals surface area contributed by atoms with Crippen LogP contribution in [0.1, 0.15) is 12.0 Å². The first-order valence-electron chi connectivity index (χ1n) is 9.06. The minimum atomic E-state index is 0.928. The molecule has 0 bridgehead atoms. The fraction of sp³-hybridized carbons (Fsp3) is 0.333. The smallest absolute Gasteiger partial charge is 0.0546 e. The molecule has 0 radical (unpaired) electrons. The van der Waals surface area contributed by atoms with Gasteiger partial charge in [0.1, 0.15) is 0 Å². The summed E-state index contributed by atoms with van der Waals surface area (Å²) in [5, 5.41) is 8.58. The molecule has 0 spiro atoms. The maximum absolute atomic E-state index is 4.39. The number of pyridine rings is 2. The Morgan fingerprint density at radius 1 is 1.04 bits per heavy atom. The SMILES string of the molecule is Cc1c2ccncc2c(NCCCN(C)C)c2c3cnccc3n(C)c12. The van der Waals surface area contributed by atoms with E-state index in [1.807, 2.05) is 24.8 Å². The van der Waals surface area contributed by atoms with Crippen LogP contribution in [0, 0.1) is 6.92 Å². The summed E-state index contributed by atoms with van der Waals surface area (Å²) >= 11 is 0. The van der Waals surface area contributed by atoms with Crippen LogP contribution < -0.4 is 5.32 Å². The molecular weight excluding hydrogens is 322 g/mol. The Bertz CT molecular complexity index is 1090. The van der Waals surface area contributed by atoms with E-state index in [1.54, 1.807) is 0 Å². The first-order valence-corrected chi connectivity index (χ1v) is 9.06. The van der Waals surface area contributed by atoms with Gasteiger partial charge >= 0.3 is 0 Å². The van der Waals surface area contributed by atoms with Gasteiger partial charge in [0.15, 0.2) is 0 Å². The van der Waals surface area contributed by atoms with Gasteiger partial charge in [-0.2, -0.15) is 0 Å². The van der Waals surface area contributed by atoms with E-state index in [2.05, 4.69) is 65.0 Å². The minimum absolute atomic E-state index is 0.928. The van der Waals surface area contributed by atoms with E-state index in [-0.39, 0.29) is 0 Å². The average Bonchev–Trinajstić information content (AvgIpc) is 2.94. The molecule has 5 heteroatoms. The minimum Gasteiger partial charge on any atom is -0.384 e. The third kappa shape index (κ3) is 2.59. The second-order valence-electron chi connectivity index (χ2n) is 7.18. The normalized spacial score (nSPS) is 11.9. The van der Waals surface area contributed by atoms with Crippen LogP contribution in [0.4, 0.5) is 5.69 Å². The van der Waals surface area contributed by atoms with Crippen molar-refractivity contribution in [3.63, 3.8) is 0 Å². The molecule has 0 atom stereocenters. The van der Waals surface area contributed by atoms with Crippen molar-refractivity contribution in [2.45, 2.75) is 13.3 Å². The number of aromatic nitrogens is 3. The molecule has 26 heavy (non-hydrogen) atoms. The number of rotatable bonds is 5. The van der Waals surface area contributed by atoms with Gasteiger partial charge in [-0.05, 0) is 57.1 Å². The van der Waals surface area contributed by atoms with Crippen molar-refractivity contribution in [1.29, 1.82) is 0 Å². The molecule has 4 rings (SSSR count). The molecular formula is C21H25N5. The molecule has 1 N–H and O–H groups in total. The van der Waals surface area contributed by atoms with Gasteiger partial charge in [0.25, 0.3) is 0 Å². The summed E-state index contributed by atoms with van der Waals surface area (Å²) in [7, 11) is 6.36. The zero-order valence-corrected chi connectivity index (χ0v) is 15.9. The fourth-order valence-electron chi connectivity index (χ4n) is 3.96. The Morgan fingerprint density at radius 3 is 2.54 bits per heavy atom. The van der Waals surface area contributed by atoms with Crippen LogP contribution in [0.25, 0.3) is 32.6 Å². The summed E-state index contributed by atoms with van der Waals surface area (Å²) in [6.07, 6.45) is 8.78. The fourth-order valence-corrected chi connectivity index (χ4v) is 3.96. The zero-order valence-electron chi connectivity index (χ0n) is 15.9. The number of nitrogens with one attached hydrogen (secondary N) is 1. The van der Waals surface area contributed by atoms with Gasteiger partial charge < -0.3 is 14.8 Å². The van der Waals surface area contributed by atoms with Gasteiger partial charge in [0.2, 0.25) is 0 Å². The summed E-state index contributed by atoms with van der Waals surface area (Å²) in [5.74, 6) is 0. The molecule has 1 aromatic carbocycles. The lowest BCUT2D eigenvalue weighted by Gasteiger charge is -2.16. The first kappa shape index (κ1) is 16.8. The predicted octanol–water partition coefficient (Wildman–Crippen LogP) is 3.95. The molecule has 134 valence electrons. The summed E-state index contributed by atoms with van der Waals surface area (Å²) < 4.78 is 2.28. The van der Waals surface area contributed by atoms with Crippen LogP contribution in [0.15, 0.2) is 36.9 Å². The topological polar surface area (TPSA) is 46.0 Å². The van der Waals surface area contributed by atoms with Crippen LogP contribution in [0.2, 0.25) is 0 Å². The van der Waals surface area contributed by atoms with Gasteiger partial charge in [-0.3, -0.25) is 9.97 Å². The Balaban J connectivity index is 1.99. The summed E-state index contributed by atoms with van der Waals surface area (Å²) in [5.41, 5.74) is 4.93. The number of hydrogen-bond donors (Lipinski definition) is 1. The van der Waals surface area contributed by atoms with Crippen molar-refractivity contribution in [3.8, 4) is 0 Å². The quantitative estimate of drug-likeness (QED) is 0.555. The lowest BCUT2D eigenvalue weighted by atomic mass is 10.00. The van der Waals surface area contributed by atoms with E-state index in [4.69, 9.17) is 0 Å². The lowest BCUT2D eigenvalue weighted by molar-refractivity contribution is 0.405. The van der Waals surface area contributed by atoms with Crippen molar-refractivity contribution in [3.05, 3.63) is 42.5 Å². The third-order valence-corrected chi connectivity index (χ3v) is 5.18. The maximum atomic E-state index is 4.39. The van der Waals surface area contributed by atoms with E-state index in [9.17, 15) is 0 Å². The van der Waals surface area contributed by atoms with Gasteiger partial charge in [-0.25, -0.2) is 0 Å². The van der Waals surface area contributed by atoms with Crippen LogP contribution in [-0.4, -0.2) is 46.6 Å². The molecule has 4 aromatic rings. The van der Waals surface area contributed by atoms with E-state index in [0.717, 1.165) is 19.5 Å². The number of nitrogens with zero attached hydrogens (tertiary/aromatic N) is 4. The molecule has 0 aliphatic carbocycles. The monoisotopic (exact) mass is 347 g/mol. The average molecular weight is 347 g/mol. The molecule has 5 nitrogen and oxygen atoms in total. The lowest BCUT2D eigenvalue weighted by Crippen LogP contribution is -2.16. The van der Waals surface area contributed by atoms with Crippen LogP contribution >= 0.6 is 0 Å². The molecule has 0 aliphatic rings. The van der Waals surface area contributed by atoms with Crippen LogP contribution in [-0.2, 0) is 7.05 Å². The molecule has 0 fully saturated rings. The Morgan fingerprint density at radius 2 is 1.77 bits per heavy atom. The Labute approximate surface area is 153 Å². The van der Waals surface area contributed by atoms with Gasteiger partial charge in [-0.15, -0.1) is 0 Å². The van der Waals surface area contributed by atoms with Crippen molar-refractivity contribution in [2.24, 2.45) is 7.05 Å². The highest BCUT2D eigenvalue weighted by molar-refractivity contribution is 6.22. The number of fused-ring (bicyclic) bond motifs is 4. The molecule has 0 aliphatic heterocycles. The Hall–Kier alpha value is -2.66. The van der Waals surface area contributed by atoms with Crippen molar-refractivity contribution < 1.29 is 0 Å². The van der Waals surface area contributed by atoms with Crippen LogP contribution in [0.5, 0.6) is 0 Å². The second kappa shape index (κ2) is 6.57. The van der Waals surface area contributed by atoms with Gasteiger partial charge in [0.05, 0.1) is 16.7 Å². The molecule has 3 heterocycles. The van der Waals surface area contributed by atoms with Gasteiger partial charge in [0, 0.05) is 54.5 Å². The largest absolute Gasteiger partial charge is 0.384 e. The summed E-state index contributed by atoms with van der Waals surface area (Å²) in [6.45, 7) is 4.19. The Kier molecular flexibility index (Phi) is 4.24. The standard InChI is InChI=1S/C21H25N5/c1-14-15-6-9-22-12-16(15)20(24-8-5-11-25(2)3)19-17-13-23-10-7-18(17)26(4)21(14)19/h6-7,9-10,12-13,24H,5,8,11H2,1-4H3. The molecule has 0 amide bonds. The second-order valence-corrected chi connectivity index (χ2v) is 7.18. The third-order valence-electron chi connectivity index (χ3n) is 5.18. The first-order chi connectivity index (χ1) is 12.6. The van der Waals surface area contributed by atoms with Gasteiger partial charge in [-0.1, -0.05) is 0 Å². The van der Waals surface area contributed by atoms with E-state index < -0.39 is 0 Å². The van der Waals surface area contributed by atoms with Crippen molar-refractivity contribution in [1.82, 2.24) is 19.4 Å². The van der Waals surface area contributed by atoms with E-state index in [0.29, 0.717) is 0 Å². The maximum Gasteiger partial charge on any atom is 0.0546 e. The highest BCUT2D eigenvalue weighted by atomic mass is 15.1. The van der Waals surface area contributed by atoms with E-state index >= 15 is 0 Å². The highest BCUT2D eigenvalue weighted by Crippen LogP contribution is 2.41. The van der Waals surface area contributed by atoms with Crippen molar-refractivity contribution >= 4 is 38.3 Å². The zero-order chi connectivity index (χ0) is 18.3. The van der Waals surface area contributed by atoms with E-state index in [1.165, 1.54) is 43.8 Å². The van der Waals surface area contributed by atoms with Crippen LogP contribution in [0.3, 0.4) is 0 Å². The highest BCUT2D eigenvalue weighted by Gasteiger charge is 2.18. The molecule has 0 saturated carbocycles. The molecule has 3 aromatic heterocycles.